The van der Waals surface area contributed by atoms with Crippen LogP contribution in [0, 0.1) is 0 Å². The van der Waals surface area contributed by atoms with Crippen LogP contribution in [0.1, 0.15) is 0 Å². The summed E-state index contributed by atoms with van der Waals surface area (Å²) in [6, 6.07) is 8.50. The summed E-state index contributed by atoms with van der Waals surface area (Å²) in [4.78, 5) is 0. The average molecular weight is 219 g/mol. The Balaban J connectivity index is 2.20. The molecule has 2 rings (SSSR count). The zero-order valence-electron chi connectivity index (χ0n) is 9.68. The van der Waals surface area contributed by atoms with Crippen molar-refractivity contribution in [2.24, 2.45) is 0 Å². The molecule has 0 saturated carbocycles. The molecule has 0 amide bonds. The van der Waals surface area contributed by atoms with Crippen LogP contribution in [0.5, 0.6) is 0 Å². The number of para-hydroxylation sites is 1. The molecule has 1 aromatic carbocycles. The lowest BCUT2D eigenvalue weighted by atomic mass is 10.2. The molecule has 1 N–H and O–H groups in total. The molecule has 86 valence electrons. The van der Waals surface area contributed by atoms with E-state index in [9.17, 15) is 0 Å². The Labute approximate surface area is 95.2 Å². The molecule has 0 aliphatic rings. The summed E-state index contributed by atoms with van der Waals surface area (Å²) >= 11 is 0. The van der Waals surface area contributed by atoms with Gasteiger partial charge in [0.25, 0.3) is 0 Å². The number of likely N-dealkylation sites (N-methyl/N-ethyl adjacent to an activating group) is 1. The van der Waals surface area contributed by atoms with Gasteiger partial charge < -0.3 is 10.1 Å². The van der Waals surface area contributed by atoms with E-state index in [0.717, 1.165) is 6.54 Å². The number of hydrogen-bond donors (Lipinski definition) is 1. The lowest BCUT2D eigenvalue weighted by Crippen LogP contribution is -2.34. The zero-order valence-corrected chi connectivity index (χ0v) is 9.68. The van der Waals surface area contributed by atoms with Crippen LogP contribution < -0.4 is 5.32 Å². The molecule has 0 saturated heterocycles. The van der Waals surface area contributed by atoms with Crippen molar-refractivity contribution in [2.75, 3.05) is 20.8 Å². The van der Waals surface area contributed by atoms with Gasteiger partial charge in [0.15, 0.2) is 0 Å². The van der Waals surface area contributed by atoms with Crippen LogP contribution in [0.2, 0.25) is 0 Å². The first-order chi connectivity index (χ1) is 7.85. The fourth-order valence-electron chi connectivity index (χ4n) is 1.81. The second kappa shape index (κ2) is 5.09. The van der Waals surface area contributed by atoms with Crippen molar-refractivity contribution in [3.05, 3.63) is 30.5 Å². The van der Waals surface area contributed by atoms with Crippen molar-refractivity contribution in [1.82, 2.24) is 15.1 Å². The van der Waals surface area contributed by atoms with Gasteiger partial charge in [-0.05, 0) is 13.1 Å². The van der Waals surface area contributed by atoms with Crippen LogP contribution >= 0.6 is 0 Å². The van der Waals surface area contributed by atoms with E-state index in [1.807, 2.05) is 30.1 Å². The topological polar surface area (TPSA) is 39.1 Å². The maximum absolute atomic E-state index is 5.15. The Morgan fingerprint density at radius 1 is 1.44 bits per heavy atom. The fraction of sp³-hybridized carbons (Fsp3) is 0.417. The third kappa shape index (κ3) is 2.23. The number of ether oxygens (including phenoxy) is 1. The summed E-state index contributed by atoms with van der Waals surface area (Å²) in [6.07, 6.45) is 1.90. The van der Waals surface area contributed by atoms with Crippen LogP contribution in [-0.4, -0.2) is 36.6 Å². The number of benzene rings is 1. The van der Waals surface area contributed by atoms with Crippen LogP contribution in [0.25, 0.3) is 10.9 Å². The van der Waals surface area contributed by atoms with Crippen molar-refractivity contribution in [3.63, 3.8) is 0 Å². The predicted octanol–water partition coefficient (Wildman–Crippen LogP) is 1.27. The number of methoxy groups -OCH3 is 1. The standard InChI is InChI=1S/C12H17N3O/c1-13-11(9-16-2)8-15-12-6-4-3-5-10(12)7-14-15/h3-7,11,13H,8-9H2,1-2H3. The summed E-state index contributed by atoms with van der Waals surface area (Å²) in [5, 5.41) is 8.78. The monoisotopic (exact) mass is 219 g/mol. The molecule has 16 heavy (non-hydrogen) atoms. The van der Waals surface area contributed by atoms with E-state index in [0.29, 0.717) is 6.61 Å². The minimum Gasteiger partial charge on any atom is -0.383 e. The molecule has 4 heteroatoms. The first-order valence-corrected chi connectivity index (χ1v) is 5.42. The van der Waals surface area contributed by atoms with Crippen molar-refractivity contribution in [1.29, 1.82) is 0 Å². The third-order valence-electron chi connectivity index (χ3n) is 2.72. The zero-order chi connectivity index (χ0) is 11.4. The second-order valence-corrected chi connectivity index (χ2v) is 3.83. The Hall–Kier alpha value is -1.39. The number of aromatic nitrogens is 2. The lowest BCUT2D eigenvalue weighted by Gasteiger charge is -2.15. The van der Waals surface area contributed by atoms with Gasteiger partial charge in [-0.15, -0.1) is 0 Å². The molecular formula is C12H17N3O. The van der Waals surface area contributed by atoms with Gasteiger partial charge in [0.1, 0.15) is 0 Å². The SMILES string of the molecule is CNC(COC)Cn1ncc2ccccc21. The van der Waals surface area contributed by atoms with Crippen molar-refractivity contribution >= 4 is 10.9 Å². The van der Waals surface area contributed by atoms with Gasteiger partial charge in [-0.25, -0.2) is 0 Å². The van der Waals surface area contributed by atoms with E-state index in [1.54, 1.807) is 7.11 Å². The number of nitrogens with one attached hydrogen (secondary N) is 1. The molecule has 1 aromatic heterocycles. The normalized spacial score (nSPS) is 13.1. The molecule has 0 radical (unpaired) electrons. The van der Waals surface area contributed by atoms with Crippen LogP contribution in [0.15, 0.2) is 30.5 Å². The van der Waals surface area contributed by atoms with Gasteiger partial charge in [0, 0.05) is 18.5 Å². The van der Waals surface area contributed by atoms with Crippen molar-refractivity contribution in [3.8, 4) is 0 Å². The van der Waals surface area contributed by atoms with Gasteiger partial charge >= 0.3 is 0 Å². The highest BCUT2D eigenvalue weighted by Crippen LogP contribution is 2.12. The number of hydrogen-bond acceptors (Lipinski definition) is 3. The first kappa shape index (κ1) is 11.1. The molecule has 0 fully saturated rings. The van der Waals surface area contributed by atoms with E-state index in [-0.39, 0.29) is 6.04 Å². The van der Waals surface area contributed by atoms with E-state index >= 15 is 0 Å². The molecule has 0 aliphatic carbocycles. The van der Waals surface area contributed by atoms with Crippen LogP contribution in [0.3, 0.4) is 0 Å². The van der Waals surface area contributed by atoms with Gasteiger partial charge in [0.05, 0.1) is 24.9 Å². The molecule has 1 atom stereocenters. The van der Waals surface area contributed by atoms with Gasteiger partial charge in [-0.3, -0.25) is 4.68 Å². The summed E-state index contributed by atoms with van der Waals surface area (Å²) < 4.78 is 7.16. The maximum atomic E-state index is 5.15. The number of rotatable bonds is 5. The summed E-state index contributed by atoms with van der Waals surface area (Å²) in [5.74, 6) is 0. The molecule has 0 spiro atoms. The van der Waals surface area contributed by atoms with Crippen molar-refractivity contribution < 1.29 is 4.74 Å². The van der Waals surface area contributed by atoms with Gasteiger partial charge in [-0.2, -0.15) is 5.10 Å². The summed E-state index contributed by atoms with van der Waals surface area (Å²) in [5.41, 5.74) is 1.17. The molecule has 0 aliphatic heterocycles. The molecule has 0 bridgehead atoms. The molecular weight excluding hydrogens is 202 g/mol. The Kier molecular flexibility index (Phi) is 3.54. The van der Waals surface area contributed by atoms with E-state index in [2.05, 4.69) is 22.5 Å². The minimum absolute atomic E-state index is 0.285. The third-order valence-corrected chi connectivity index (χ3v) is 2.72. The van der Waals surface area contributed by atoms with Crippen molar-refractivity contribution in [2.45, 2.75) is 12.6 Å². The average Bonchev–Trinajstić information content (AvgIpc) is 2.72. The van der Waals surface area contributed by atoms with Crippen LogP contribution in [-0.2, 0) is 11.3 Å². The predicted molar refractivity (Wildman–Crippen MR) is 64.5 cm³/mol. The number of nitrogens with zero attached hydrogens (tertiary/aromatic N) is 2. The highest BCUT2D eigenvalue weighted by Gasteiger charge is 2.09. The smallest absolute Gasteiger partial charge is 0.0683 e. The molecule has 1 unspecified atom stereocenters. The molecule has 2 aromatic rings. The van der Waals surface area contributed by atoms with Gasteiger partial charge in [-0.1, -0.05) is 18.2 Å². The fourth-order valence-corrected chi connectivity index (χ4v) is 1.81. The van der Waals surface area contributed by atoms with E-state index < -0.39 is 0 Å². The highest BCUT2D eigenvalue weighted by atomic mass is 16.5. The highest BCUT2D eigenvalue weighted by molar-refractivity contribution is 5.78. The second-order valence-electron chi connectivity index (χ2n) is 3.83. The Bertz CT molecular complexity index is 452. The van der Waals surface area contributed by atoms with E-state index in [1.165, 1.54) is 10.9 Å². The number of fused-ring (bicyclic) bond motifs is 1. The Morgan fingerprint density at radius 3 is 3.00 bits per heavy atom. The molecule has 1 heterocycles. The lowest BCUT2D eigenvalue weighted by molar-refractivity contribution is 0.161. The first-order valence-electron chi connectivity index (χ1n) is 5.42. The maximum Gasteiger partial charge on any atom is 0.0683 e. The summed E-state index contributed by atoms with van der Waals surface area (Å²) in [7, 11) is 3.65. The van der Waals surface area contributed by atoms with Crippen LogP contribution in [0.4, 0.5) is 0 Å². The van der Waals surface area contributed by atoms with E-state index in [4.69, 9.17) is 4.74 Å². The largest absolute Gasteiger partial charge is 0.383 e. The Morgan fingerprint density at radius 2 is 2.25 bits per heavy atom. The quantitative estimate of drug-likeness (QED) is 0.823. The molecule has 4 nitrogen and oxygen atoms in total. The van der Waals surface area contributed by atoms with Gasteiger partial charge in [0.2, 0.25) is 0 Å². The summed E-state index contributed by atoms with van der Waals surface area (Å²) in [6.45, 7) is 1.50. The minimum atomic E-state index is 0.285.